The average molecular weight is 2090 g/mol. The molecule has 11 N–H and O–H groups in total. The molecule has 4 fully saturated rings. The van der Waals surface area contributed by atoms with Crippen LogP contribution in [0.4, 0.5) is 57.7 Å². The van der Waals surface area contributed by atoms with Crippen LogP contribution in [-0.4, -0.2) is 253 Å². The third-order valence-corrected chi connectivity index (χ3v) is 29.1. The Balaban J connectivity index is 0.000000220. The SMILES string of the molecule is CCCCCCCCCNC(=O)COc1cccc2c1C(=O)N(C1CCC(=O)NC1=O)C2=O.Cc1cnc(Nc2ccc(N3CCN(C(=O)CCC(=O)NCCCCCCCCNC(=O)COc4cccc5c4C(=O)N(C4CCC(=O)NC4=O)C5=O)CC3)cc2)nc1Nc1cccc(S(=O)(=O)NC(C)(C)C)c1.Cc1cnc(Nc2ccc(N3CCN(C(=O)CCC(=O)O)CC3)cc2)nc1Nc1cccc(S(=O)(=O)CC(C)(C)C)c1. The summed E-state index contributed by atoms with van der Waals surface area (Å²) in [4.78, 5) is 201. The van der Waals surface area contributed by atoms with E-state index in [1.165, 1.54) is 56.0 Å². The van der Waals surface area contributed by atoms with Crippen LogP contribution in [0, 0.1) is 19.3 Å². The Kier molecular flexibility index (Phi) is 39.9. The van der Waals surface area contributed by atoms with Gasteiger partial charge in [-0.15, -0.1) is 0 Å². The van der Waals surface area contributed by atoms with Crippen LogP contribution in [0.15, 0.2) is 156 Å². The Labute approximate surface area is 867 Å². The molecule has 6 aliphatic heterocycles. The standard InChI is InChI=1S/C52H65N11O10S.C30H38N6O5S.C24H31N3O6/c1-34-32-55-51(59-47(34)56-36-13-11-14-38(31-36)74(71,72)60-52(2,3)4)57-35-17-19-37(20-18-35)61-27-29-62(30-28-61)45(67)24-23-42(64)53-25-9-7-5-6-8-10-26-54-44(66)33-73-41-16-12-15-39-46(41)50(70)63(49(39)69)40-21-22-43(65)58-48(40)68;1-21-19-31-29(34-28(21)32-23-6-5-7-25(18-23)42(40,41)20-30(2,3)4)33-22-8-10-24(11-9-22)35-14-16-36(17-15-35)26(37)12-13-27(38)39;1-2-3-4-5-6-7-8-14-25-20(29)15-33-18-11-9-10-16-21(18)24(32)27(23(16)31)17-12-13-19(28)26-22(17)30/h11-20,31-32,40,60H,5-10,21-30,33H2,1-4H3,(H,53,64)(H,54,66)(H,58,65,68)(H2,55,56,57,59);5-11,18-19H,12-17,20H2,1-4H3,(H,38,39)(H2,31,32,33,34);9-11,17H,2-8,12-15H2,1H3,(H,25,29)(H,26,28,30). The number of benzene rings is 6. The lowest BCUT2D eigenvalue weighted by Gasteiger charge is -2.36. The summed E-state index contributed by atoms with van der Waals surface area (Å²) in [6.07, 6.45) is 17.1. The molecule has 8 heterocycles. The fourth-order valence-electron chi connectivity index (χ4n) is 17.5. The van der Waals surface area contributed by atoms with E-state index in [0.717, 1.165) is 101 Å². The number of sulfone groups is 1. The van der Waals surface area contributed by atoms with E-state index < -0.39 is 90.7 Å². The number of imide groups is 4. The molecule has 8 aromatic rings. The minimum absolute atomic E-state index is 0.00786. The lowest BCUT2D eigenvalue weighted by Crippen LogP contribution is -2.54. The predicted octanol–water partition coefficient (Wildman–Crippen LogP) is 11.8. The van der Waals surface area contributed by atoms with Crippen LogP contribution in [0.1, 0.15) is 236 Å². The van der Waals surface area contributed by atoms with Gasteiger partial charge in [0.1, 0.15) is 35.2 Å². The number of aryl methyl sites for hydroxylation is 2. The van der Waals surface area contributed by atoms with Crippen LogP contribution >= 0.6 is 0 Å². The number of nitrogens with one attached hydrogen (secondary N) is 10. The van der Waals surface area contributed by atoms with E-state index in [9.17, 15) is 84.0 Å². The summed E-state index contributed by atoms with van der Waals surface area (Å²) >= 11 is 0. The molecule has 2 atom stereocenters. The average Bonchev–Trinajstić information content (AvgIpc) is 1.60. The smallest absolute Gasteiger partial charge is 0.303 e. The second kappa shape index (κ2) is 52.6. The van der Waals surface area contributed by atoms with Gasteiger partial charge in [-0.2, -0.15) is 9.97 Å². The molecule has 0 spiro atoms. The normalized spacial score (nSPS) is 15.8. The van der Waals surface area contributed by atoms with Crippen molar-refractivity contribution in [1.29, 1.82) is 0 Å². The van der Waals surface area contributed by atoms with Crippen molar-refractivity contribution in [1.82, 2.24) is 70.8 Å². The number of aromatic nitrogens is 4. The van der Waals surface area contributed by atoms with Gasteiger partial charge in [0.15, 0.2) is 23.1 Å². The van der Waals surface area contributed by atoms with E-state index >= 15 is 0 Å². The number of hydrogen-bond donors (Lipinski definition) is 11. The number of amides is 13. The van der Waals surface area contributed by atoms with Gasteiger partial charge in [0.2, 0.25) is 63.3 Å². The van der Waals surface area contributed by atoms with Crippen molar-refractivity contribution < 1.29 is 98.5 Å². The van der Waals surface area contributed by atoms with Gasteiger partial charge in [0.05, 0.1) is 44.2 Å². The first-order chi connectivity index (χ1) is 71.1. The number of carbonyl (C=O) groups excluding carboxylic acids is 13. The Bertz CT molecular complexity index is 6440. The molecule has 149 heavy (non-hydrogen) atoms. The number of aliphatic carboxylic acids is 1. The molecular weight excluding hydrogens is 1950 g/mol. The summed E-state index contributed by atoms with van der Waals surface area (Å²) in [5.74, 6) is -4.81. The predicted molar refractivity (Wildman–Crippen MR) is 560 cm³/mol. The van der Waals surface area contributed by atoms with Crippen LogP contribution in [0.25, 0.3) is 0 Å². The number of hydrogen-bond acceptors (Lipinski definition) is 30. The maximum Gasteiger partial charge on any atom is 0.303 e. The van der Waals surface area contributed by atoms with E-state index in [1.807, 2.05) is 83.1 Å². The lowest BCUT2D eigenvalue weighted by molar-refractivity contribution is -0.141. The second-order valence-electron chi connectivity index (χ2n) is 39.5. The van der Waals surface area contributed by atoms with E-state index in [0.29, 0.717) is 107 Å². The first kappa shape index (κ1) is 113. The molecule has 13 amide bonds. The van der Waals surface area contributed by atoms with Crippen molar-refractivity contribution in [2.24, 2.45) is 5.41 Å². The Morgan fingerprint density at radius 2 is 0.832 bits per heavy atom. The number of piperazine rings is 2. The van der Waals surface area contributed by atoms with Crippen molar-refractivity contribution in [3.8, 4) is 11.5 Å². The van der Waals surface area contributed by atoms with Crippen LogP contribution < -0.4 is 71.8 Å². The minimum Gasteiger partial charge on any atom is -0.483 e. The lowest BCUT2D eigenvalue weighted by atomic mass is 10.0. The van der Waals surface area contributed by atoms with E-state index in [4.69, 9.17) is 14.6 Å². The molecule has 4 saturated heterocycles. The third kappa shape index (κ3) is 32.8. The summed E-state index contributed by atoms with van der Waals surface area (Å²) < 4.78 is 65.5. The maximum absolute atomic E-state index is 13.2. The summed E-state index contributed by atoms with van der Waals surface area (Å²) in [5, 5.41) is 34.6. The highest BCUT2D eigenvalue weighted by molar-refractivity contribution is 7.91. The maximum atomic E-state index is 13.2. The first-order valence-corrected chi connectivity index (χ1v) is 53.7. The number of carboxylic acid groups (broad SMARTS) is 1. The number of carbonyl (C=O) groups is 14. The Morgan fingerprint density at radius 3 is 1.23 bits per heavy atom. The van der Waals surface area contributed by atoms with Gasteiger partial charge < -0.3 is 71.4 Å². The monoisotopic (exact) mass is 2090 g/mol. The van der Waals surface area contributed by atoms with Gasteiger partial charge in [-0.05, 0) is 181 Å². The van der Waals surface area contributed by atoms with Crippen LogP contribution in [0.5, 0.6) is 11.5 Å². The minimum atomic E-state index is -3.73. The molecule has 0 bridgehead atoms. The highest BCUT2D eigenvalue weighted by Crippen LogP contribution is 2.38. The molecule has 0 radical (unpaired) electrons. The molecular formula is C106H134N20O21S2. The highest BCUT2D eigenvalue weighted by atomic mass is 32.2. The molecule has 2 unspecified atom stereocenters. The van der Waals surface area contributed by atoms with Crippen molar-refractivity contribution in [2.45, 2.75) is 225 Å². The molecule has 796 valence electrons. The third-order valence-electron chi connectivity index (χ3n) is 25.2. The number of fused-ring (bicyclic) bond motifs is 2. The summed E-state index contributed by atoms with van der Waals surface area (Å²) in [7, 11) is -7.17. The quantitative estimate of drug-likeness (QED) is 0.0125. The van der Waals surface area contributed by atoms with Crippen molar-refractivity contribution in [2.75, 3.05) is 122 Å². The Hall–Kier alpha value is -14.9. The zero-order valence-corrected chi connectivity index (χ0v) is 87.3. The zero-order chi connectivity index (χ0) is 107. The number of unbranched alkanes of at least 4 members (excludes halogenated alkanes) is 11. The molecule has 14 rings (SSSR count). The number of carboxylic acids is 1. The van der Waals surface area contributed by atoms with E-state index in [2.05, 4.69) is 89.2 Å². The van der Waals surface area contributed by atoms with E-state index in [-0.39, 0.29) is 149 Å². The van der Waals surface area contributed by atoms with Gasteiger partial charge in [0.25, 0.3) is 35.4 Å². The molecule has 6 aromatic carbocycles. The highest BCUT2D eigenvalue weighted by Gasteiger charge is 2.48. The van der Waals surface area contributed by atoms with Crippen LogP contribution in [0.2, 0.25) is 0 Å². The summed E-state index contributed by atoms with van der Waals surface area (Å²) in [5.41, 5.74) is 5.58. The van der Waals surface area contributed by atoms with Gasteiger partial charge in [-0.3, -0.25) is 87.6 Å². The zero-order valence-electron chi connectivity index (χ0n) is 85.7. The molecule has 0 aliphatic carbocycles. The van der Waals surface area contributed by atoms with Gasteiger partial charge in [0, 0.05) is 167 Å². The number of ether oxygens (including phenoxy) is 2. The molecule has 2 aromatic heterocycles. The van der Waals surface area contributed by atoms with Gasteiger partial charge >= 0.3 is 5.97 Å². The van der Waals surface area contributed by atoms with Gasteiger partial charge in [-0.25, -0.2) is 31.5 Å². The fraction of sp³-hybridized carbons (Fsp3) is 0.453. The van der Waals surface area contributed by atoms with Crippen molar-refractivity contribution >= 4 is 160 Å². The molecule has 6 aliphatic rings. The fourth-order valence-corrected chi connectivity index (χ4v) is 20.9. The van der Waals surface area contributed by atoms with Crippen molar-refractivity contribution in [3.05, 3.63) is 179 Å². The van der Waals surface area contributed by atoms with Crippen LogP contribution in [-0.2, 0) is 67.8 Å². The molecule has 41 nitrogen and oxygen atoms in total. The topological polar surface area (TPSA) is 537 Å². The molecule has 43 heteroatoms. The van der Waals surface area contributed by atoms with Gasteiger partial charge in [-0.1, -0.05) is 116 Å². The number of sulfonamides is 1. The van der Waals surface area contributed by atoms with Crippen LogP contribution in [0.3, 0.4) is 0 Å². The number of rotatable bonds is 45. The molecule has 0 saturated carbocycles. The number of piperidine rings is 2. The summed E-state index contributed by atoms with van der Waals surface area (Å²) in [6, 6.07) is 35.9. The largest absolute Gasteiger partial charge is 0.483 e. The van der Waals surface area contributed by atoms with Crippen molar-refractivity contribution in [3.63, 3.8) is 0 Å². The van der Waals surface area contributed by atoms with E-state index in [1.54, 1.807) is 97.6 Å². The Morgan fingerprint density at radius 1 is 0.443 bits per heavy atom. The number of nitrogens with zero attached hydrogens (tertiary/aromatic N) is 10. The number of anilines is 10. The first-order valence-electron chi connectivity index (χ1n) is 50.5. The second-order valence-corrected chi connectivity index (χ2v) is 43.2. The summed E-state index contributed by atoms with van der Waals surface area (Å²) in [6.45, 7) is 22.7.